The monoisotopic (exact) mass is 267 g/mol. The summed E-state index contributed by atoms with van der Waals surface area (Å²) in [5.41, 5.74) is 2.13. The maximum atomic E-state index is 5.76. The highest BCUT2D eigenvalue weighted by molar-refractivity contribution is 5.77. The van der Waals surface area contributed by atoms with E-state index < -0.39 is 0 Å². The smallest absolute Gasteiger partial charge is 0.134 e. The number of hydrogen-bond acceptors (Lipinski definition) is 3. The van der Waals surface area contributed by atoms with E-state index >= 15 is 0 Å². The van der Waals surface area contributed by atoms with Crippen LogP contribution in [0.5, 0.6) is 5.75 Å². The summed E-state index contributed by atoms with van der Waals surface area (Å²) in [5, 5.41) is 4.53. The minimum absolute atomic E-state index is 0.714. The molecule has 3 nitrogen and oxygen atoms in total. The minimum Gasteiger partial charge on any atom is -0.497 e. The number of benzene rings is 2. The molecule has 0 atom stereocenters. The minimum atomic E-state index is 0.714. The van der Waals surface area contributed by atoms with Crippen molar-refractivity contribution in [3.8, 4) is 5.75 Å². The molecule has 3 aromatic rings. The Labute approximate surface area is 118 Å². The zero-order valence-corrected chi connectivity index (χ0v) is 11.4. The fourth-order valence-electron chi connectivity index (χ4n) is 2.24. The molecule has 1 heterocycles. The molecule has 1 N–H and O–H groups in total. The molecule has 1 aromatic heterocycles. The van der Waals surface area contributed by atoms with Gasteiger partial charge in [0.05, 0.1) is 13.7 Å². The van der Waals surface area contributed by atoms with E-state index in [1.54, 1.807) is 7.11 Å². The van der Waals surface area contributed by atoms with Crippen molar-refractivity contribution >= 4 is 11.0 Å². The third kappa shape index (κ3) is 2.83. The van der Waals surface area contributed by atoms with E-state index in [0.29, 0.717) is 6.54 Å². The summed E-state index contributed by atoms with van der Waals surface area (Å²) in [7, 11) is 1.68. The Kier molecular flexibility index (Phi) is 3.70. The lowest BCUT2D eigenvalue weighted by Crippen LogP contribution is -2.12. The summed E-state index contributed by atoms with van der Waals surface area (Å²) >= 11 is 0. The Bertz CT molecular complexity index is 670. The van der Waals surface area contributed by atoms with Gasteiger partial charge in [-0.2, -0.15) is 0 Å². The van der Waals surface area contributed by atoms with Crippen LogP contribution < -0.4 is 10.1 Å². The lowest BCUT2D eigenvalue weighted by atomic mass is 10.2. The van der Waals surface area contributed by atoms with Gasteiger partial charge in [-0.1, -0.05) is 30.3 Å². The van der Waals surface area contributed by atoms with Gasteiger partial charge in [0.25, 0.3) is 0 Å². The normalized spacial score (nSPS) is 10.8. The Morgan fingerprint density at radius 3 is 2.75 bits per heavy atom. The van der Waals surface area contributed by atoms with Gasteiger partial charge in [0.15, 0.2) is 0 Å². The number of rotatable bonds is 5. The summed E-state index contributed by atoms with van der Waals surface area (Å²) < 4.78 is 11.0. The molecule has 3 rings (SSSR count). The number of ether oxygens (including phenoxy) is 1. The fourth-order valence-corrected chi connectivity index (χ4v) is 2.24. The third-order valence-corrected chi connectivity index (χ3v) is 3.24. The largest absolute Gasteiger partial charge is 0.497 e. The van der Waals surface area contributed by atoms with E-state index in [1.165, 1.54) is 5.56 Å². The predicted octanol–water partition coefficient (Wildman–Crippen LogP) is 3.73. The number of nitrogens with one attached hydrogen (secondary N) is 1. The van der Waals surface area contributed by atoms with Gasteiger partial charge in [-0.15, -0.1) is 0 Å². The number of methoxy groups -OCH3 is 1. The quantitative estimate of drug-likeness (QED) is 0.765. The van der Waals surface area contributed by atoms with Crippen LogP contribution in [0.4, 0.5) is 0 Å². The van der Waals surface area contributed by atoms with Crippen LogP contribution in [0.2, 0.25) is 0 Å². The molecule has 102 valence electrons. The molecule has 0 saturated carbocycles. The van der Waals surface area contributed by atoms with Crippen molar-refractivity contribution in [2.45, 2.75) is 13.1 Å². The summed E-state index contributed by atoms with van der Waals surface area (Å²) in [5.74, 6) is 1.84. The topological polar surface area (TPSA) is 34.4 Å². The average Bonchev–Trinajstić information content (AvgIpc) is 2.90. The molecular formula is C17H17NO2. The van der Waals surface area contributed by atoms with Gasteiger partial charge < -0.3 is 14.5 Å². The first-order valence-electron chi connectivity index (χ1n) is 6.66. The second-order valence-corrected chi connectivity index (χ2v) is 4.71. The van der Waals surface area contributed by atoms with E-state index in [-0.39, 0.29) is 0 Å². The lowest BCUT2D eigenvalue weighted by molar-refractivity contribution is 0.414. The molecule has 2 aromatic carbocycles. The number of hydrogen-bond donors (Lipinski definition) is 1. The highest BCUT2D eigenvalue weighted by atomic mass is 16.5. The van der Waals surface area contributed by atoms with Crippen LogP contribution in [0.25, 0.3) is 11.0 Å². The Balaban J connectivity index is 1.61. The van der Waals surface area contributed by atoms with Crippen molar-refractivity contribution < 1.29 is 9.15 Å². The van der Waals surface area contributed by atoms with Crippen LogP contribution in [0.15, 0.2) is 59.0 Å². The van der Waals surface area contributed by atoms with E-state index in [9.17, 15) is 0 Å². The zero-order valence-electron chi connectivity index (χ0n) is 11.4. The summed E-state index contributed by atoms with van der Waals surface area (Å²) in [6.07, 6.45) is 0. The van der Waals surface area contributed by atoms with Gasteiger partial charge in [-0.25, -0.2) is 0 Å². The first kappa shape index (κ1) is 12.8. The Morgan fingerprint density at radius 2 is 1.90 bits per heavy atom. The van der Waals surface area contributed by atoms with E-state index in [4.69, 9.17) is 9.15 Å². The van der Waals surface area contributed by atoms with E-state index in [0.717, 1.165) is 29.0 Å². The molecule has 0 radical (unpaired) electrons. The SMILES string of the molecule is COc1cccc(CNCc2cc3ccccc3o2)c1. The van der Waals surface area contributed by atoms with Crippen molar-refractivity contribution in [1.29, 1.82) is 0 Å². The van der Waals surface area contributed by atoms with Crippen LogP contribution in [-0.2, 0) is 13.1 Å². The maximum absolute atomic E-state index is 5.76. The molecule has 0 bridgehead atoms. The highest BCUT2D eigenvalue weighted by Crippen LogP contribution is 2.18. The number of furan rings is 1. The lowest BCUT2D eigenvalue weighted by Gasteiger charge is -2.05. The molecule has 3 heteroatoms. The molecule has 0 amide bonds. The number of para-hydroxylation sites is 1. The van der Waals surface area contributed by atoms with Gasteiger partial charge in [-0.05, 0) is 29.8 Å². The van der Waals surface area contributed by atoms with Crippen molar-refractivity contribution in [2.75, 3.05) is 7.11 Å². The van der Waals surface area contributed by atoms with E-state index in [2.05, 4.69) is 23.5 Å². The number of fused-ring (bicyclic) bond motifs is 1. The standard InChI is InChI=1S/C17H17NO2/c1-19-15-7-4-5-13(9-15)11-18-12-16-10-14-6-2-3-8-17(14)20-16/h2-10,18H,11-12H2,1H3. The predicted molar refractivity (Wildman–Crippen MR) is 79.8 cm³/mol. The molecule has 20 heavy (non-hydrogen) atoms. The third-order valence-electron chi connectivity index (χ3n) is 3.24. The van der Waals surface area contributed by atoms with E-state index in [1.807, 2.05) is 36.4 Å². The molecule has 0 aliphatic rings. The second-order valence-electron chi connectivity index (χ2n) is 4.71. The zero-order chi connectivity index (χ0) is 13.8. The first-order chi connectivity index (χ1) is 9.85. The van der Waals surface area contributed by atoms with Gasteiger partial charge >= 0.3 is 0 Å². The molecular weight excluding hydrogens is 250 g/mol. The molecule has 0 unspecified atom stereocenters. The van der Waals surface area contributed by atoms with Crippen LogP contribution in [-0.4, -0.2) is 7.11 Å². The van der Waals surface area contributed by atoms with Crippen molar-refractivity contribution in [3.63, 3.8) is 0 Å². The summed E-state index contributed by atoms with van der Waals surface area (Å²) in [4.78, 5) is 0. The molecule has 0 fully saturated rings. The summed E-state index contributed by atoms with van der Waals surface area (Å²) in [6, 6.07) is 18.2. The highest BCUT2D eigenvalue weighted by Gasteiger charge is 2.02. The molecule has 0 aliphatic heterocycles. The van der Waals surface area contributed by atoms with Crippen LogP contribution in [0, 0.1) is 0 Å². The average molecular weight is 267 g/mol. The first-order valence-corrected chi connectivity index (χ1v) is 6.66. The van der Waals surface area contributed by atoms with Crippen LogP contribution in [0.3, 0.4) is 0 Å². The van der Waals surface area contributed by atoms with Crippen molar-refractivity contribution in [2.24, 2.45) is 0 Å². The van der Waals surface area contributed by atoms with Gasteiger partial charge in [-0.3, -0.25) is 0 Å². The van der Waals surface area contributed by atoms with Crippen LogP contribution in [0.1, 0.15) is 11.3 Å². The van der Waals surface area contributed by atoms with Crippen molar-refractivity contribution in [3.05, 3.63) is 65.9 Å². The van der Waals surface area contributed by atoms with Crippen LogP contribution >= 0.6 is 0 Å². The van der Waals surface area contributed by atoms with Crippen molar-refractivity contribution in [1.82, 2.24) is 5.32 Å². The Hall–Kier alpha value is -2.26. The van der Waals surface area contributed by atoms with Gasteiger partial charge in [0.2, 0.25) is 0 Å². The summed E-state index contributed by atoms with van der Waals surface area (Å²) in [6.45, 7) is 1.50. The molecule has 0 aliphatic carbocycles. The maximum Gasteiger partial charge on any atom is 0.134 e. The fraction of sp³-hybridized carbons (Fsp3) is 0.176. The Morgan fingerprint density at radius 1 is 1.00 bits per heavy atom. The molecule has 0 spiro atoms. The second kappa shape index (κ2) is 5.80. The molecule has 0 saturated heterocycles. The van der Waals surface area contributed by atoms with Gasteiger partial charge in [0.1, 0.15) is 17.1 Å². The van der Waals surface area contributed by atoms with Gasteiger partial charge in [0, 0.05) is 11.9 Å².